The van der Waals surface area contributed by atoms with Crippen LogP contribution in [0, 0.1) is 40.4 Å². The van der Waals surface area contributed by atoms with Gasteiger partial charge < -0.3 is 5.11 Å². The summed E-state index contributed by atoms with van der Waals surface area (Å²) in [6.07, 6.45) is 6.04. The van der Waals surface area contributed by atoms with E-state index in [2.05, 4.69) is 26.8 Å². The van der Waals surface area contributed by atoms with Crippen molar-refractivity contribution in [2.45, 2.75) is 104 Å². The molecular weight excluding hydrogens is 401 g/mol. The average Bonchev–Trinajstić information content (AvgIpc) is 3.02. The SMILES string of the molecule is C[C@H](CCC(=O)C(F)(F)F)C1CC[C@H]2[C@@H]3CC=C4C[C@@](C)(O)CC[C@]4(C)[C@H]3CC[C@]12C. The van der Waals surface area contributed by atoms with Gasteiger partial charge in [0.15, 0.2) is 0 Å². The number of alkyl halides is 3. The van der Waals surface area contributed by atoms with Crippen molar-refractivity contribution in [1.29, 1.82) is 0 Å². The van der Waals surface area contributed by atoms with Crippen molar-refractivity contribution in [2.75, 3.05) is 0 Å². The van der Waals surface area contributed by atoms with Gasteiger partial charge in [-0.25, -0.2) is 0 Å². The van der Waals surface area contributed by atoms with Crippen molar-refractivity contribution in [3.63, 3.8) is 0 Å². The Morgan fingerprint density at radius 1 is 1.13 bits per heavy atom. The molecule has 5 heteroatoms. The van der Waals surface area contributed by atoms with E-state index in [4.69, 9.17) is 0 Å². The largest absolute Gasteiger partial charge is 0.449 e. The predicted molar refractivity (Wildman–Crippen MR) is 115 cm³/mol. The number of carbonyl (C=O) groups excluding carboxylic acids is 1. The average molecular weight is 441 g/mol. The number of halogens is 3. The lowest BCUT2D eigenvalue weighted by Gasteiger charge is -2.59. The van der Waals surface area contributed by atoms with Crippen LogP contribution in [0.2, 0.25) is 0 Å². The summed E-state index contributed by atoms with van der Waals surface area (Å²) in [4.78, 5) is 11.4. The van der Waals surface area contributed by atoms with Crippen molar-refractivity contribution < 1.29 is 23.1 Å². The summed E-state index contributed by atoms with van der Waals surface area (Å²) < 4.78 is 38.0. The van der Waals surface area contributed by atoms with Crippen LogP contribution in [0.15, 0.2) is 11.6 Å². The quantitative estimate of drug-likeness (QED) is 0.485. The minimum Gasteiger partial charge on any atom is -0.390 e. The maximum absolute atomic E-state index is 12.7. The summed E-state index contributed by atoms with van der Waals surface area (Å²) in [6, 6.07) is 0. The zero-order chi connectivity index (χ0) is 22.8. The zero-order valence-electron chi connectivity index (χ0n) is 19.5. The second-order valence-corrected chi connectivity index (χ2v) is 12.1. The third-order valence-corrected chi connectivity index (χ3v) is 10.3. The van der Waals surface area contributed by atoms with Crippen molar-refractivity contribution in [3.05, 3.63) is 11.6 Å². The van der Waals surface area contributed by atoms with Gasteiger partial charge in [-0.3, -0.25) is 4.79 Å². The molecule has 0 radical (unpaired) electrons. The van der Waals surface area contributed by atoms with Crippen LogP contribution < -0.4 is 0 Å². The topological polar surface area (TPSA) is 37.3 Å². The second-order valence-electron chi connectivity index (χ2n) is 12.1. The molecule has 4 rings (SSSR count). The van der Waals surface area contributed by atoms with Crippen molar-refractivity contribution in [1.82, 2.24) is 0 Å². The minimum atomic E-state index is -4.70. The molecule has 1 N–H and O–H groups in total. The van der Waals surface area contributed by atoms with E-state index in [1.54, 1.807) is 0 Å². The molecule has 0 aromatic heterocycles. The smallest absolute Gasteiger partial charge is 0.390 e. The number of carbonyl (C=O) groups is 1. The Bertz CT molecular complexity index is 754. The van der Waals surface area contributed by atoms with Gasteiger partial charge in [-0.2, -0.15) is 13.2 Å². The van der Waals surface area contributed by atoms with Crippen LogP contribution in [-0.2, 0) is 4.79 Å². The van der Waals surface area contributed by atoms with E-state index in [0.29, 0.717) is 30.1 Å². The summed E-state index contributed by atoms with van der Waals surface area (Å²) in [7, 11) is 0. The van der Waals surface area contributed by atoms with Crippen LogP contribution in [0.25, 0.3) is 0 Å². The fraction of sp³-hybridized carbons (Fsp3) is 0.885. The van der Waals surface area contributed by atoms with E-state index in [-0.39, 0.29) is 23.2 Å². The molecule has 4 aliphatic rings. The van der Waals surface area contributed by atoms with Crippen LogP contribution in [0.3, 0.4) is 0 Å². The lowest BCUT2D eigenvalue weighted by atomic mass is 9.46. The van der Waals surface area contributed by atoms with Gasteiger partial charge in [-0.15, -0.1) is 0 Å². The summed E-state index contributed by atoms with van der Waals surface area (Å²) in [5.74, 6) is 0.896. The van der Waals surface area contributed by atoms with E-state index in [1.165, 1.54) is 12.0 Å². The zero-order valence-corrected chi connectivity index (χ0v) is 19.5. The molecule has 1 unspecified atom stereocenters. The maximum Gasteiger partial charge on any atom is 0.449 e. The van der Waals surface area contributed by atoms with E-state index >= 15 is 0 Å². The van der Waals surface area contributed by atoms with Crippen LogP contribution >= 0.6 is 0 Å². The third kappa shape index (κ3) is 3.91. The van der Waals surface area contributed by atoms with Crippen LogP contribution in [0.4, 0.5) is 13.2 Å². The molecule has 0 amide bonds. The molecular formula is C26H39F3O2. The number of hydrogen-bond donors (Lipinski definition) is 1. The second kappa shape index (κ2) is 7.60. The van der Waals surface area contributed by atoms with Gasteiger partial charge in [0.05, 0.1) is 5.60 Å². The number of aliphatic hydroxyl groups is 1. The lowest BCUT2D eigenvalue weighted by Crippen LogP contribution is -2.52. The summed E-state index contributed by atoms with van der Waals surface area (Å²) in [5, 5.41) is 10.6. The monoisotopic (exact) mass is 440 g/mol. The first-order chi connectivity index (χ1) is 14.3. The summed E-state index contributed by atoms with van der Waals surface area (Å²) >= 11 is 0. The first-order valence-corrected chi connectivity index (χ1v) is 12.3. The van der Waals surface area contributed by atoms with Crippen molar-refractivity contribution in [2.24, 2.45) is 40.4 Å². The summed E-state index contributed by atoms with van der Waals surface area (Å²) in [5.41, 5.74) is 1.24. The molecule has 0 aromatic rings. The van der Waals surface area contributed by atoms with Crippen LogP contribution in [-0.4, -0.2) is 22.7 Å². The van der Waals surface area contributed by atoms with Gasteiger partial charge >= 0.3 is 6.18 Å². The maximum atomic E-state index is 12.7. The highest BCUT2D eigenvalue weighted by Crippen LogP contribution is 2.67. The van der Waals surface area contributed by atoms with E-state index in [9.17, 15) is 23.1 Å². The normalized spacial score (nSPS) is 45.9. The minimum absolute atomic E-state index is 0.146. The Labute approximate surface area is 185 Å². The highest BCUT2D eigenvalue weighted by molar-refractivity contribution is 5.83. The molecule has 0 heterocycles. The Hall–Kier alpha value is -0.840. The van der Waals surface area contributed by atoms with Gasteiger partial charge in [0.1, 0.15) is 0 Å². The van der Waals surface area contributed by atoms with E-state index in [0.717, 1.165) is 44.9 Å². The molecule has 0 aromatic carbocycles. The number of ketones is 1. The molecule has 0 saturated heterocycles. The lowest BCUT2D eigenvalue weighted by molar-refractivity contribution is -0.171. The Morgan fingerprint density at radius 2 is 1.84 bits per heavy atom. The molecule has 0 spiro atoms. The van der Waals surface area contributed by atoms with Gasteiger partial charge in [-0.05, 0) is 105 Å². The first kappa shape index (κ1) is 23.3. The molecule has 2 nitrogen and oxygen atoms in total. The highest BCUT2D eigenvalue weighted by atomic mass is 19.4. The molecule has 4 aliphatic carbocycles. The number of allylic oxidation sites excluding steroid dienone is 1. The molecule has 0 aliphatic heterocycles. The third-order valence-electron chi connectivity index (χ3n) is 10.3. The van der Waals surface area contributed by atoms with Gasteiger partial charge in [0.2, 0.25) is 5.78 Å². The number of fused-ring (bicyclic) bond motifs is 5. The van der Waals surface area contributed by atoms with E-state index in [1.807, 2.05) is 6.92 Å². The number of rotatable bonds is 4. The molecule has 31 heavy (non-hydrogen) atoms. The molecule has 8 atom stereocenters. The molecule has 3 saturated carbocycles. The van der Waals surface area contributed by atoms with Gasteiger partial charge in [0.25, 0.3) is 0 Å². The summed E-state index contributed by atoms with van der Waals surface area (Å²) in [6.45, 7) is 8.84. The Balaban J connectivity index is 1.49. The number of Topliss-reactive ketones (excluding diaryl/α,β-unsaturated/α-hetero) is 1. The predicted octanol–water partition coefficient (Wildman–Crippen LogP) is 6.86. The molecule has 0 bridgehead atoms. The van der Waals surface area contributed by atoms with Crippen LogP contribution in [0.1, 0.15) is 91.9 Å². The molecule has 176 valence electrons. The highest BCUT2D eigenvalue weighted by Gasteiger charge is 2.59. The fourth-order valence-corrected chi connectivity index (χ4v) is 8.48. The van der Waals surface area contributed by atoms with Crippen molar-refractivity contribution in [3.8, 4) is 0 Å². The van der Waals surface area contributed by atoms with E-state index < -0.39 is 17.6 Å². The first-order valence-electron chi connectivity index (χ1n) is 12.3. The Kier molecular flexibility index (Phi) is 5.72. The Morgan fingerprint density at radius 3 is 2.52 bits per heavy atom. The van der Waals surface area contributed by atoms with Gasteiger partial charge in [-0.1, -0.05) is 32.4 Å². The van der Waals surface area contributed by atoms with Crippen molar-refractivity contribution >= 4 is 5.78 Å². The van der Waals surface area contributed by atoms with Crippen LogP contribution in [0.5, 0.6) is 0 Å². The molecule has 3 fully saturated rings. The van der Waals surface area contributed by atoms with Gasteiger partial charge in [0, 0.05) is 6.42 Å². The standard InChI is InChI=1S/C26H39F3O2/c1-16(5-10-22(30)26(27,28)29)19-8-9-20-18-7-6-17-15-23(2,31)13-14-24(17,3)21(18)11-12-25(19,20)4/h6,16,18-21,31H,5,7-15H2,1-4H3/t16-,18+,19?,20+,21+,23+,24+,25-/m1/s1. The number of hydrogen-bond acceptors (Lipinski definition) is 2. The fourth-order valence-electron chi connectivity index (χ4n) is 8.48.